The van der Waals surface area contributed by atoms with Crippen molar-refractivity contribution in [2.24, 2.45) is 22.2 Å². The molecule has 0 spiro atoms. The highest BCUT2D eigenvalue weighted by molar-refractivity contribution is 6.06. The zero-order chi connectivity index (χ0) is 15.8. The molecule has 20 heavy (non-hydrogen) atoms. The molecule has 5 nitrogen and oxygen atoms in total. The van der Waals surface area contributed by atoms with Crippen molar-refractivity contribution < 1.29 is 10.0 Å². The Kier molecular flexibility index (Phi) is 8.26. The Hall–Kier alpha value is -1.26. The van der Waals surface area contributed by atoms with Crippen LogP contribution >= 0.6 is 0 Å². The van der Waals surface area contributed by atoms with Gasteiger partial charge in [0.15, 0.2) is 5.84 Å². The Balaban J connectivity index is 5.23. The summed E-state index contributed by atoms with van der Waals surface area (Å²) < 4.78 is 0. The standard InChI is InChI=1S/C15H31N3O2/c1-6-9-15(10-7-2,13(16)17-20)14(19)18(5)11-8-12(3)4/h12,20H,6-11H2,1-5H3,(H2,16,17). The van der Waals surface area contributed by atoms with Gasteiger partial charge in [-0.05, 0) is 25.2 Å². The lowest BCUT2D eigenvalue weighted by Crippen LogP contribution is -2.50. The largest absolute Gasteiger partial charge is 0.409 e. The fourth-order valence-corrected chi connectivity index (χ4v) is 2.57. The maximum Gasteiger partial charge on any atom is 0.236 e. The van der Waals surface area contributed by atoms with Crippen LogP contribution in [0.1, 0.15) is 59.8 Å². The Morgan fingerprint density at radius 1 is 1.30 bits per heavy atom. The summed E-state index contributed by atoms with van der Waals surface area (Å²) in [4.78, 5) is 14.5. The topological polar surface area (TPSA) is 78.9 Å². The molecule has 0 aromatic carbocycles. The highest BCUT2D eigenvalue weighted by Gasteiger charge is 2.43. The summed E-state index contributed by atoms with van der Waals surface area (Å²) in [5, 5.41) is 12.2. The molecule has 3 N–H and O–H groups in total. The predicted molar refractivity (Wildman–Crippen MR) is 82.7 cm³/mol. The van der Waals surface area contributed by atoms with Gasteiger partial charge in [-0.3, -0.25) is 4.79 Å². The Morgan fingerprint density at radius 2 is 1.80 bits per heavy atom. The molecule has 0 saturated carbocycles. The molecule has 0 rings (SSSR count). The highest BCUT2D eigenvalue weighted by atomic mass is 16.4. The highest BCUT2D eigenvalue weighted by Crippen LogP contribution is 2.32. The number of nitrogens with zero attached hydrogens (tertiary/aromatic N) is 2. The van der Waals surface area contributed by atoms with Gasteiger partial charge in [-0.1, -0.05) is 45.7 Å². The molecule has 0 fully saturated rings. The number of carbonyl (C=O) groups excluding carboxylic acids is 1. The van der Waals surface area contributed by atoms with E-state index in [0.717, 1.165) is 19.3 Å². The van der Waals surface area contributed by atoms with Gasteiger partial charge in [-0.15, -0.1) is 0 Å². The second-order valence-electron chi connectivity index (χ2n) is 5.98. The van der Waals surface area contributed by atoms with E-state index in [2.05, 4.69) is 19.0 Å². The van der Waals surface area contributed by atoms with E-state index in [9.17, 15) is 4.79 Å². The zero-order valence-electron chi connectivity index (χ0n) is 13.6. The summed E-state index contributed by atoms with van der Waals surface area (Å²) in [5.41, 5.74) is 5.01. The lowest BCUT2D eigenvalue weighted by molar-refractivity contribution is -0.138. The first-order valence-electron chi connectivity index (χ1n) is 7.59. The molecule has 118 valence electrons. The molecule has 0 aliphatic heterocycles. The van der Waals surface area contributed by atoms with Crippen molar-refractivity contribution in [3.63, 3.8) is 0 Å². The van der Waals surface area contributed by atoms with Gasteiger partial charge < -0.3 is 15.8 Å². The fourth-order valence-electron chi connectivity index (χ4n) is 2.57. The lowest BCUT2D eigenvalue weighted by Gasteiger charge is -2.34. The van der Waals surface area contributed by atoms with Crippen LogP contribution in [0.25, 0.3) is 0 Å². The van der Waals surface area contributed by atoms with Gasteiger partial charge in [0.25, 0.3) is 0 Å². The van der Waals surface area contributed by atoms with Crippen molar-refractivity contribution >= 4 is 11.7 Å². The van der Waals surface area contributed by atoms with E-state index in [-0.39, 0.29) is 11.7 Å². The molecule has 0 aliphatic carbocycles. The van der Waals surface area contributed by atoms with Crippen LogP contribution in [0.2, 0.25) is 0 Å². The Morgan fingerprint density at radius 3 is 2.15 bits per heavy atom. The summed E-state index contributed by atoms with van der Waals surface area (Å²) in [6.45, 7) is 8.98. The Bertz CT molecular complexity index is 321. The van der Waals surface area contributed by atoms with Crippen molar-refractivity contribution in [1.82, 2.24) is 4.90 Å². The minimum Gasteiger partial charge on any atom is -0.409 e. The van der Waals surface area contributed by atoms with Gasteiger partial charge in [0, 0.05) is 13.6 Å². The predicted octanol–water partition coefficient (Wildman–Crippen LogP) is 2.82. The zero-order valence-corrected chi connectivity index (χ0v) is 13.6. The number of carbonyl (C=O) groups is 1. The van der Waals surface area contributed by atoms with Crippen LogP contribution in [0.4, 0.5) is 0 Å². The van der Waals surface area contributed by atoms with E-state index < -0.39 is 5.41 Å². The van der Waals surface area contributed by atoms with E-state index in [1.165, 1.54) is 0 Å². The minimum atomic E-state index is -0.857. The molecule has 1 amide bonds. The summed E-state index contributed by atoms with van der Waals surface area (Å²) in [5.74, 6) is 0.556. The van der Waals surface area contributed by atoms with E-state index in [1.54, 1.807) is 11.9 Å². The molecule has 0 aliphatic rings. The average molecular weight is 285 g/mol. The number of rotatable bonds is 9. The summed E-state index contributed by atoms with van der Waals surface area (Å²) >= 11 is 0. The smallest absolute Gasteiger partial charge is 0.236 e. The maximum atomic E-state index is 12.8. The lowest BCUT2D eigenvalue weighted by atomic mass is 9.76. The van der Waals surface area contributed by atoms with Gasteiger partial charge in [-0.2, -0.15) is 0 Å². The molecule has 0 bridgehead atoms. The van der Waals surface area contributed by atoms with Crippen LogP contribution in [0.5, 0.6) is 0 Å². The first-order chi connectivity index (χ1) is 9.35. The Labute approximate surface area is 123 Å². The third kappa shape index (κ3) is 4.69. The fraction of sp³-hybridized carbons (Fsp3) is 0.867. The van der Waals surface area contributed by atoms with Crippen molar-refractivity contribution in [3.8, 4) is 0 Å². The summed E-state index contributed by atoms with van der Waals surface area (Å²) in [6, 6.07) is 0. The summed E-state index contributed by atoms with van der Waals surface area (Å²) in [6.07, 6.45) is 3.82. The molecule has 0 unspecified atom stereocenters. The normalized spacial score (nSPS) is 12.8. The number of oxime groups is 1. The van der Waals surface area contributed by atoms with Crippen LogP contribution in [0.3, 0.4) is 0 Å². The van der Waals surface area contributed by atoms with Crippen molar-refractivity contribution in [2.75, 3.05) is 13.6 Å². The molecular weight excluding hydrogens is 254 g/mol. The molecule has 0 aromatic rings. The van der Waals surface area contributed by atoms with Gasteiger partial charge in [-0.25, -0.2) is 0 Å². The number of amides is 1. The number of hydrogen-bond donors (Lipinski definition) is 2. The minimum absolute atomic E-state index is 0.0304. The molecule has 5 heteroatoms. The van der Waals surface area contributed by atoms with Gasteiger partial charge in [0.2, 0.25) is 5.91 Å². The van der Waals surface area contributed by atoms with E-state index in [0.29, 0.717) is 25.3 Å². The van der Waals surface area contributed by atoms with Crippen LogP contribution in [0, 0.1) is 11.3 Å². The van der Waals surface area contributed by atoms with Crippen molar-refractivity contribution in [1.29, 1.82) is 0 Å². The quantitative estimate of drug-likeness (QED) is 0.296. The molecule has 0 heterocycles. The molecule has 0 saturated heterocycles. The van der Waals surface area contributed by atoms with Gasteiger partial charge in [0.1, 0.15) is 5.41 Å². The molecular formula is C15H31N3O2. The van der Waals surface area contributed by atoms with Crippen molar-refractivity contribution in [2.45, 2.75) is 59.8 Å². The number of hydrogen-bond acceptors (Lipinski definition) is 3. The SMILES string of the molecule is CCCC(CCC)(C(=O)N(C)CCC(C)C)C(N)=NO. The van der Waals surface area contributed by atoms with Crippen LogP contribution < -0.4 is 5.73 Å². The molecule has 0 radical (unpaired) electrons. The van der Waals surface area contributed by atoms with Crippen LogP contribution in [-0.2, 0) is 4.79 Å². The first kappa shape index (κ1) is 18.7. The monoisotopic (exact) mass is 285 g/mol. The average Bonchev–Trinajstić information content (AvgIpc) is 2.42. The number of amidine groups is 1. The second kappa shape index (κ2) is 8.82. The molecule has 0 aromatic heterocycles. The maximum absolute atomic E-state index is 12.8. The van der Waals surface area contributed by atoms with E-state index >= 15 is 0 Å². The third-order valence-corrected chi connectivity index (χ3v) is 3.75. The van der Waals surface area contributed by atoms with E-state index in [1.807, 2.05) is 13.8 Å². The van der Waals surface area contributed by atoms with Crippen LogP contribution in [0.15, 0.2) is 5.16 Å². The molecule has 0 atom stereocenters. The van der Waals surface area contributed by atoms with Gasteiger partial charge >= 0.3 is 0 Å². The van der Waals surface area contributed by atoms with Crippen LogP contribution in [-0.4, -0.2) is 35.4 Å². The summed E-state index contributed by atoms with van der Waals surface area (Å²) in [7, 11) is 1.80. The van der Waals surface area contributed by atoms with E-state index in [4.69, 9.17) is 10.9 Å². The first-order valence-corrected chi connectivity index (χ1v) is 7.59. The van der Waals surface area contributed by atoms with Crippen molar-refractivity contribution in [3.05, 3.63) is 0 Å². The third-order valence-electron chi connectivity index (χ3n) is 3.75. The second-order valence-corrected chi connectivity index (χ2v) is 5.98. The number of nitrogens with two attached hydrogens (primary N) is 1. The van der Waals surface area contributed by atoms with Gasteiger partial charge in [0.05, 0.1) is 0 Å².